The number of rotatable bonds is 3. The van der Waals surface area contributed by atoms with Gasteiger partial charge in [-0.25, -0.2) is 0 Å². The van der Waals surface area contributed by atoms with E-state index in [4.69, 9.17) is 23.2 Å². The molecule has 1 aromatic carbocycles. The molecule has 1 rings (SSSR count). The molecule has 16 heavy (non-hydrogen) atoms. The van der Waals surface area contributed by atoms with Gasteiger partial charge in [0.15, 0.2) is 0 Å². The summed E-state index contributed by atoms with van der Waals surface area (Å²) in [5, 5.41) is 3.20. The first-order valence-corrected chi connectivity index (χ1v) is 5.11. The Balaban J connectivity index is 2.65. The Labute approximate surface area is 101 Å². The number of benzene rings is 1. The molecule has 0 aromatic heterocycles. The molecule has 0 spiro atoms. The zero-order chi connectivity index (χ0) is 12.2. The molecule has 0 heterocycles. The van der Waals surface area contributed by atoms with Crippen molar-refractivity contribution in [2.75, 3.05) is 11.9 Å². The number of alkyl halides is 3. The van der Waals surface area contributed by atoms with Gasteiger partial charge < -0.3 is 5.32 Å². The van der Waals surface area contributed by atoms with E-state index in [9.17, 15) is 13.2 Å². The minimum Gasteiger partial charge on any atom is -0.380 e. The molecule has 1 aromatic rings. The fraction of sp³-hybridized carbons (Fsp3) is 0.200. The topological polar surface area (TPSA) is 12.0 Å². The molecule has 88 valence electrons. The first-order chi connectivity index (χ1) is 7.43. The van der Waals surface area contributed by atoms with Crippen LogP contribution in [0, 0.1) is 0 Å². The van der Waals surface area contributed by atoms with Crippen LogP contribution in [0.1, 0.15) is 5.56 Å². The molecule has 6 heteroatoms. The third-order valence-corrected chi connectivity index (χ3v) is 2.41. The molecule has 0 bridgehead atoms. The summed E-state index contributed by atoms with van der Waals surface area (Å²) >= 11 is 10.9. The van der Waals surface area contributed by atoms with Gasteiger partial charge in [-0.15, -0.1) is 0 Å². The molecule has 0 aliphatic rings. The summed E-state index contributed by atoms with van der Waals surface area (Å²) in [7, 11) is 0. The summed E-state index contributed by atoms with van der Waals surface area (Å²) in [6.07, 6.45) is -4.31. The van der Waals surface area contributed by atoms with Crippen LogP contribution in [-0.2, 0) is 6.18 Å². The third-order valence-electron chi connectivity index (χ3n) is 1.79. The van der Waals surface area contributed by atoms with Gasteiger partial charge in [-0.05, 0) is 24.3 Å². The fourth-order valence-corrected chi connectivity index (χ4v) is 1.15. The van der Waals surface area contributed by atoms with Crippen molar-refractivity contribution in [1.29, 1.82) is 0 Å². The summed E-state index contributed by atoms with van der Waals surface area (Å²) in [6, 6.07) is 4.67. The average molecular weight is 270 g/mol. The number of hydrogen-bond acceptors (Lipinski definition) is 1. The highest BCUT2D eigenvalue weighted by Crippen LogP contribution is 2.29. The molecule has 0 amide bonds. The van der Waals surface area contributed by atoms with Crippen molar-refractivity contribution in [2.24, 2.45) is 0 Å². The molecule has 0 saturated heterocycles. The summed E-state index contributed by atoms with van der Waals surface area (Å²) in [5.74, 6) is 0. The number of anilines is 1. The normalized spacial score (nSPS) is 12.7. The Bertz CT molecular complexity index is 371. The molecular formula is C10H8Cl2F3N. The van der Waals surface area contributed by atoms with Crippen molar-refractivity contribution in [2.45, 2.75) is 6.18 Å². The van der Waals surface area contributed by atoms with Crippen LogP contribution in [0.4, 0.5) is 18.9 Å². The van der Waals surface area contributed by atoms with Gasteiger partial charge in [-0.2, -0.15) is 13.2 Å². The monoisotopic (exact) mass is 269 g/mol. The number of hydrogen-bond donors (Lipinski definition) is 1. The lowest BCUT2D eigenvalue weighted by molar-refractivity contribution is -0.137. The van der Waals surface area contributed by atoms with Crippen LogP contribution in [0.3, 0.4) is 0 Å². The van der Waals surface area contributed by atoms with E-state index in [1.54, 1.807) is 0 Å². The van der Waals surface area contributed by atoms with Crippen LogP contribution in [-0.4, -0.2) is 6.54 Å². The van der Waals surface area contributed by atoms with Crippen molar-refractivity contribution >= 4 is 28.9 Å². The number of nitrogens with one attached hydrogen (secondary N) is 1. The van der Waals surface area contributed by atoms with Crippen LogP contribution >= 0.6 is 23.2 Å². The van der Waals surface area contributed by atoms with Gasteiger partial charge in [-0.3, -0.25) is 0 Å². The highest BCUT2D eigenvalue weighted by Gasteiger charge is 2.29. The van der Waals surface area contributed by atoms with E-state index in [1.807, 2.05) is 0 Å². The van der Waals surface area contributed by atoms with Gasteiger partial charge in [-0.1, -0.05) is 23.2 Å². The minimum absolute atomic E-state index is 0.274. The quantitative estimate of drug-likeness (QED) is 0.856. The predicted octanol–water partition coefficient (Wildman–Crippen LogP) is 4.44. The Morgan fingerprint density at radius 3 is 2.25 bits per heavy atom. The van der Waals surface area contributed by atoms with Crippen molar-refractivity contribution in [3.05, 3.63) is 40.4 Å². The second kappa shape index (κ2) is 5.46. The van der Waals surface area contributed by atoms with Gasteiger partial charge in [0.25, 0.3) is 0 Å². The Kier molecular flexibility index (Phi) is 4.50. The SMILES string of the molecule is FC(F)(F)c1ccc(NCC(Cl)=CCl)cc1. The highest BCUT2D eigenvalue weighted by molar-refractivity contribution is 6.36. The zero-order valence-corrected chi connectivity index (χ0v) is 9.50. The molecule has 0 radical (unpaired) electrons. The standard InChI is InChI=1S/C10H8Cl2F3N/c11-5-8(12)6-16-9-3-1-7(2-4-9)10(13,14)15/h1-5,16H,6H2. The summed E-state index contributed by atoms with van der Waals surface area (Å²) < 4.78 is 36.7. The van der Waals surface area contributed by atoms with E-state index in [0.717, 1.165) is 12.1 Å². The number of halogens is 5. The van der Waals surface area contributed by atoms with Crippen LogP contribution in [0.25, 0.3) is 0 Å². The molecular weight excluding hydrogens is 262 g/mol. The lowest BCUT2D eigenvalue weighted by Crippen LogP contribution is -2.05. The maximum Gasteiger partial charge on any atom is 0.416 e. The molecule has 0 unspecified atom stereocenters. The van der Waals surface area contributed by atoms with Gasteiger partial charge in [0.1, 0.15) is 0 Å². The van der Waals surface area contributed by atoms with E-state index in [0.29, 0.717) is 10.7 Å². The molecule has 1 nitrogen and oxygen atoms in total. The molecule has 0 saturated carbocycles. The Morgan fingerprint density at radius 2 is 1.81 bits per heavy atom. The maximum atomic E-state index is 12.2. The minimum atomic E-state index is -4.31. The fourth-order valence-electron chi connectivity index (χ4n) is 1.00. The lowest BCUT2D eigenvalue weighted by atomic mass is 10.2. The Morgan fingerprint density at radius 1 is 1.25 bits per heavy atom. The summed E-state index contributed by atoms with van der Waals surface area (Å²) in [5.41, 5.74) is 1.06. The van der Waals surface area contributed by atoms with Gasteiger partial charge >= 0.3 is 6.18 Å². The van der Waals surface area contributed by atoms with E-state index >= 15 is 0 Å². The van der Waals surface area contributed by atoms with Crippen molar-refractivity contribution in [3.8, 4) is 0 Å². The van der Waals surface area contributed by atoms with Crippen LogP contribution < -0.4 is 5.32 Å². The highest BCUT2D eigenvalue weighted by atomic mass is 35.5. The van der Waals surface area contributed by atoms with Crippen molar-refractivity contribution < 1.29 is 13.2 Å². The van der Waals surface area contributed by atoms with Gasteiger partial charge in [0.05, 0.1) is 12.1 Å². The molecule has 0 aliphatic carbocycles. The van der Waals surface area contributed by atoms with Crippen molar-refractivity contribution in [3.63, 3.8) is 0 Å². The van der Waals surface area contributed by atoms with Crippen LogP contribution in [0.2, 0.25) is 0 Å². The zero-order valence-electron chi connectivity index (χ0n) is 7.98. The summed E-state index contributed by atoms with van der Waals surface area (Å²) in [6.45, 7) is 0.274. The average Bonchev–Trinajstić information content (AvgIpc) is 2.25. The van der Waals surface area contributed by atoms with E-state index < -0.39 is 11.7 Å². The van der Waals surface area contributed by atoms with E-state index in [2.05, 4.69) is 5.32 Å². The smallest absolute Gasteiger partial charge is 0.380 e. The summed E-state index contributed by atoms with van der Waals surface area (Å²) in [4.78, 5) is 0. The van der Waals surface area contributed by atoms with Crippen molar-refractivity contribution in [1.82, 2.24) is 0 Å². The lowest BCUT2D eigenvalue weighted by Gasteiger charge is -2.08. The Hall–Kier alpha value is -0.870. The second-order valence-electron chi connectivity index (χ2n) is 2.98. The first kappa shape index (κ1) is 13.2. The predicted molar refractivity (Wildman–Crippen MR) is 59.7 cm³/mol. The van der Waals surface area contributed by atoms with Crippen LogP contribution in [0.15, 0.2) is 34.8 Å². The first-order valence-electron chi connectivity index (χ1n) is 4.29. The van der Waals surface area contributed by atoms with Crippen LogP contribution in [0.5, 0.6) is 0 Å². The molecule has 0 aliphatic heterocycles. The maximum absolute atomic E-state index is 12.2. The molecule has 0 atom stereocenters. The van der Waals surface area contributed by atoms with Gasteiger partial charge in [0, 0.05) is 16.3 Å². The molecule has 0 fully saturated rings. The third kappa shape index (κ3) is 3.94. The second-order valence-corrected chi connectivity index (χ2v) is 3.69. The molecule has 1 N–H and O–H groups in total. The largest absolute Gasteiger partial charge is 0.416 e. The van der Waals surface area contributed by atoms with Gasteiger partial charge in [0.2, 0.25) is 0 Å². The van der Waals surface area contributed by atoms with E-state index in [1.165, 1.54) is 17.7 Å². The van der Waals surface area contributed by atoms with E-state index in [-0.39, 0.29) is 6.54 Å².